The highest BCUT2D eigenvalue weighted by Gasteiger charge is 2.33. The van der Waals surface area contributed by atoms with Crippen LogP contribution in [0.4, 0.5) is 0 Å². The molecule has 0 spiro atoms. The Morgan fingerprint density at radius 1 is 1.28 bits per heavy atom. The first kappa shape index (κ1) is 21.1. The number of ether oxygens (including phenoxy) is 2. The van der Waals surface area contributed by atoms with E-state index in [1.165, 1.54) is 6.42 Å². The van der Waals surface area contributed by atoms with Crippen LogP contribution in [0.15, 0.2) is 29.1 Å². The zero-order chi connectivity index (χ0) is 22.1. The largest absolute Gasteiger partial charge is 0.497 e. The van der Waals surface area contributed by atoms with Crippen LogP contribution in [0.5, 0.6) is 5.75 Å². The molecule has 2 aliphatic heterocycles. The second-order valence-corrected chi connectivity index (χ2v) is 9.01. The van der Waals surface area contributed by atoms with Crippen LogP contribution in [-0.4, -0.2) is 63.0 Å². The van der Waals surface area contributed by atoms with Gasteiger partial charge in [-0.15, -0.1) is 5.10 Å². The Labute approximate surface area is 186 Å². The molecule has 0 radical (unpaired) electrons. The minimum absolute atomic E-state index is 0.112. The third kappa shape index (κ3) is 4.14. The highest BCUT2D eigenvalue weighted by atomic mass is 16.5. The number of benzene rings is 1. The van der Waals surface area contributed by atoms with Gasteiger partial charge in [-0.25, -0.2) is 4.68 Å². The lowest BCUT2D eigenvalue weighted by molar-refractivity contribution is 0.0889. The summed E-state index contributed by atoms with van der Waals surface area (Å²) in [5.41, 5.74) is 1.30. The molecule has 0 bridgehead atoms. The number of hydrogen-bond donors (Lipinski definition) is 1. The molecule has 0 aliphatic carbocycles. The third-order valence-electron chi connectivity index (χ3n) is 6.63. The van der Waals surface area contributed by atoms with E-state index < -0.39 is 0 Å². The summed E-state index contributed by atoms with van der Waals surface area (Å²) in [4.78, 5) is 18.7. The molecule has 1 aromatic carbocycles. The van der Waals surface area contributed by atoms with Gasteiger partial charge in [-0.2, -0.15) is 0 Å². The summed E-state index contributed by atoms with van der Waals surface area (Å²) >= 11 is 0. The number of piperidine rings is 1. The lowest BCUT2D eigenvalue weighted by atomic mass is 9.95. The number of H-pyrrole nitrogens is 1. The number of tetrazole rings is 1. The van der Waals surface area contributed by atoms with E-state index in [9.17, 15) is 4.79 Å². The van der Waals surface area contributed by atoms with Crippen LogP contribution in [0.3, 0.4) is 0 Å². The number of aromatic amines is 1. The second kappa shape index (κ2) is 8.99. The monoisotopic (exact) mass is 438 g/mol. The summed E-state index contributed by atoms with van der Waals surface area (Å²) in [6.45, 7) is 5.45. The maximum Gasteiger partial charge on any atom is 0.253 e. The lowest BCUT2D eigenvalue weighted by Crippen LogP contribution is -2.41. The molecule has 1 N–H and O–H groups in total. The Kier molecular flexibility index (Phi) is 5.93. The number of aromatic nitrogens is 5. The Morgan fingerprint density at radius 2 is 2.19 bits per heavy atom. The van der Waals surface area contributed by atoms with Crippen molar-refractivity contribution in [3.8, 4) is 5.75 Å². The topological polar surface area (TPSA) is 98.2 Å². The normalized spacial score (nSPS) is 22.9. The van der Waals surface area contributed by atoms with Gasteiger partial charge in [-0.1, -0.05) is 6.92 Å². The van der Waals surface area contributed by atoms with Crippen LogP contribution in [0, 0.1) is 5.92 Å². The van der Waals surface area contributed by atoms with E-state index in [1.807, 2.05) is 28.9 Å². The third-order valence-corrected chi connectivity index (χ3v) is 6.63. The SMILES string of the molecule is COc1ccc2cc([C@H](c3nnnn3C[C@H]3CCCO3)N3CCC[C@H](C)C3)c(=O)[nH]c2c1. The molecule has 2 aliphatic rings. The molecule has 0 saturated carbocycles. The average molecular weight is 439 g/mol. The first-order valence-electron chi connectivity index (χ1n) is 11.4. The van der Waals surface area contributed by atoms with E-state index >= 15 is 0 Å². The molecule has 2 aromatic heterocycles. The number of hydrogen-bond acceptors (Lipinski definition) is 7. The number of nitrogens with one attached hydrogen (secondary N) is 1. The fourth-order valence-corrected chi connectivity index (χ4v) is 5.01. The fourth-order valence-electron chi connectivity index (χ4n) is 5.01. The minimum Gasteiger partial charge on any atom is -0.497 e. The second-order valence-electron chi connectivity index (χ2n) is 9.01. The van der Waals surface area contributed by atoms with Crippen molar-refractivity contribution >= 4 is 10.9 Å². The number of likely N-dealkylation sites (tertiary alicyclic amines) is 1. The summed E-state index contributed by atoms with van der Waals surface area (Å²) in [5, 5.41) is 13.6. The highest BCUT2D eigenvalue weighted by molar-refractivity contribution is 5.80. The van der Waals surface area contributed by atoms with Gasteiger partial charge in [0, 0.05) is 24.8 Å². The van der Waals surface area contributed by atoms with Gasteiger partial charge in [0.1, 0.15) is 11.8 Å². The number of fused-ring (bicyclic) bond motifs is 1. The van der Waals surface area contributed by atoms with Gasteiger partial charge < -0.3 is 14.5 Å². The predicted octanol–water partition coefficient (Wildman–Crippen LogP) is 2.52. The van der Waals surface area contributed by atoms with Crippen LogP contribution in [0.2, 0.25) is 0 Å². The van der Waals surface area contributed by atoms with E-state index in [-0.39, 0.29) is 17.7 Å². The van der Waals surface area contributed by atoms with Crippen molar-refractivity contribution in [3.05, 3.63) is 46.0 Å². The zero-order valence-electron chi connectivity index (χ0n) is 18.7. The van der Waals surface area contributed by atoms with Gasteiger partial charge in [0.05, 0.1) is 25.3 Å². The van der Waals surface area contributed by atoms with Crippen molar-refractivity contribution in [2.24, 2.45) is 5.92 Å². The van der Waals surface area contributed by atoms with Crippen molar-refractivity contribution in [1.29, 1.82) is 0 Å². The molecule has 2 saturated heterocycles. The van der Waals surface area contributed by atoms with E-state index in [0.29, 0.717) is 29.6 Å². The Balaban J connectivity index is 1.59. The molecule has 9 heteroatoms. The van der Waals surface area contributed by atoms with Gasteiger partial charge in [-0.3, -0.25) is 9.69 Å². The average Bonchev–Trinajstić information content (AvgIpc) is 3.47. The zero-order valence-corrected chi connectivity index (χ0v) is 18.7. The summed E-state index contributed by atoms with van der Waals surface area (Å²) in [5.74, 6) is 1.97. The molecule has 0 unspecified atom stereocenters. The fraction of sp³-hybridized carbons (Fsp3) is 0.565. The van der Waals surface area contributed by atoms with E-state index in [1.54, 1.807) is 7.11 Å². The summed E-state index contributed by atoms with van der Waals surface area (Å²) in [7, 11) is 1.62. The Hall–Kier alpha value is -2.78. The van der Waals surface area contributed by atoms with Crippen LogP contribution in [0.1, 0.15) is 50.0 Å². The maximum absolute atomic E-state index is 13.3. The first-order valence-corrected chi connectivity index (χ1v) is 11.4. The molecule has 0 amide bonds. The number of rotatable bonds is 6. The van der Waals surface area contributed by atoms with Crippen LogP contribution in [-0.2, 0) is 11.3 Å². The standard InChI is InChI=1S/C23H30N6O3/c1-15-5-3-9-28(13-15)21(22-25-26-27-29(22)14-18-6-4-10-32-18)19-11-16-7-8-17(31-2)12-20(16)24-23(19)30/h7-8,11-12,15,18,21H,3-6,9-10,13-14H2,1-2H3,(H,24,30)/t15-,18+,21+/m0/s1. The maximum atomic E-state index is 13.3. The summed E-state index contributed by atoms with van der Waals surface area (Å²) in [6, 6.07) is 7.38. The van der Waals surface area contributed by atoms with Gasteiger partial charge in [-0.05, 0) is 72.2 Å². The highest BCUT2D eigenvalue weighted by Crippen LogP contribution is 2.31. The molecule has 170 valence electrons. The molecule has 4 heterocycles. The Morgan fingerprint density at radius 3 is 2.97 bits per heavy atom. The van der Waals surface area contributed by atoms with E-state index in [4.69, 9.17) is 9.47 Å². The van der Waals surface area contributed by atoms with E-state index in [0.717, 1.165) is 49.9 Å². The van der Waals surface area contributed by atoms with Crippen molar-refractivity contribution < 1.29 is 9.47 Å². The molecule has 5 rings (SSSR count). The number of pyridine rings is 1. The van der Waals surface area contributed by atoms with Crippen molar-refractivity contribution in [2.75, 3.05) is 26.8 Å². The van der Waals surface area contributed by atoms with Crippen molar-refractivity contribution in [1.82, 2.24) is 30.1 Å². The summed E-state index contributed by atoms with van der Waals surface area (Å²) < 4.78 is 13.0. The van der Waals surface area contributed by atoms with Crippen molar-refractivity contribution in [2.45, 2.75) is 51.3 Å². The van der Waals surface area contributed by atoms with Gasteiger partial charge in [0.15, 0.2) is 5.82 Å². The van der Waals surface area contributed by atoms with Gasteiger partial charge in [0.2, 0.25) is 0 Å². The summed E-state index contributed by atoms with van der Waals surface area (Å²) in [6.07, 6.45) is 4.46. The smallest absolute Gasteiger partial charge is 0.253 e. The Bertz CT molecular complexity index is 1140. The molecule has 3 aromatic rings. The van der Waals surface area contributed by atoms with Crippen molar-refractivity contribution in [3.63, 3.8) is 0 Å². The molecule has 2 fully saturated rings. The molecular formula is C23H30N6O3. The minimum atomic E-state index is -0.315. The number of nitrogens with zero attached hydrogens (tertiary/aromatic N) is 5. The van der Waals surface area contributed by atoms with Crippen LogP contribution < -0.4 is 10.3 Å². The van der Waals surface area contributed by atoms with E-state index in [2.05, 4.69) is 32.3 Å². The lowest BCUT2D eigenvalue weighted by Gasteiger charge is -2.36. The quantitative estimate of drug-likeness (QED) is 0.631. The van der Waals surface area contributed by atoms with Gasteiger partial charge >= 0.3 is 0 Å². The number of methoxy groups -OCH3 is 1. The van der Waals surface area contributed by atoms with Crippen LogP contribution >= 0.6 is 0 Å². The first-order chi connectivity index (χ1) is 15.6. The predicted molar refractivity (Wildman–Crippen MR) is 120 cm³/mol. The van der Waals surface area contributed by atoms with Crippen LogP contribution in [0.25, 0.3) is 10.9 Å². The molecular weight excluding hydrogens is 408 g/mol. The molecule has 32 heavy (non-hydrogen) atoms. The van der Waals surface area contributed by atoms with Gasteiger partial charge in [0.25, 0.3) is 5.56 Å². The molecule has 3 atom stereocenters. The molecule has 9 nitrogen and oxygen atoms in total.